The third-order valence-corrected chi connectivity index (χ3v) is 0.712. The molecule has 0 radical (unpaired) electrons. The number of hydrogen-bond acceptors (Lipinski definition) is 7. The fourth-order valence-corrected chi connectivity index (χ4v) is 0.404. The molecule has 7 nitrogen and oxygen atoms in total. The molecule has 0 fully saturated rings. The van der Waals surface area contributed by atoms with E-state index in [0.29, 0.717) is 0 Å². The molecule has 0 aliphatic carbocycles. The molecule has 0 aliphatic heterocycles. The minimum atomic E-state index is -0.663. The van der Waals surface area contributed by atoms with Crippen LogP contribution in [-0.4, -0.2) is 30.4 Å². The van der Waals surface area contributed by atoms with Gasteiger partial charge in [-0.25, -0.2) is 5.48 Å². The van der Waals surface area contributed by atoms with Crippen LogP contribution >= 0.6 is 0 Å². The average Bonchev–Trinajstić information content (AvgIpc) is 1.85. The van der Waals surface area contributed by atoms with Gasteiger partial charge in [-0.1, -0.05) is 0 Å². The fourth-order valence-electron chi connectivity index (χ4n) is 0.404. The molecule has 0 aromatic carbocycles. The van der Waals surface area contributed by atoms with Crippen molar-refractivity contribution < 1.29 is 15.4 Å². The van der Waals surface area contributed by atoms with Gasteiger partial charge in [-0.2, -0.15) is 9.97 Å². The van der Waals surface area contributed by atoms with E-state index in [4.69, 9.17) is 15.4 Å². The molecule has 1 rings (SSSR count). The van der Waals surface area contributed by atoms with E-state index in [1.807, 2.05) is 0 Å². The lowest BCUT2D eigenvalue weighted by Gasteiger charge is -1.95. The highest BCUT2D eigenvalue weighted by Gasteiger charge is 2.00. The Kier molecular flexibility index (Phi) is 1.50. The average molecular weight is 144 g/mol. The zero-order chi connectivity index (χ0) is 7.56. The topological polar surface area (TPSA) is 111 Å². The molecule has 0 atom stereocenters. The maximum Gasteiger partial charge on any atom is 0.321 e. The quantitative estimate of drug-likeness (QED) is 0.377. The highest BCUT2D eigenvalue weighted by Crippen LogP contribution is 2.07. The molecule has 54 valence electrons. The third-order valence-electron chi connectivity index (χ3n) is 0.712. The second-order valence-electron chi connectivity index (χ2n) is 1.37. The summed E-state index contributed by atoms with van der Waals surface area (Å²) in [6, 6.07) is -1.33. The number of nitrogens with one attached hydrogen (secondary N) is 1. The van der Waals surface area contributed by atoms with Crippen molar-refractivity contribution in [2.24, 2.45) is 0 Å². The smallest absolute Gasteiger partial charge is 0.321 e. The molecule has 0 spiro atoms. The summed E-state index contributed by atoms with van der Waals surface area (Å²) < 4.78 is 0. The minimum Gasteiger partial charge on any atom is -0.479 e. The molecule has 7 heteroatoms. The van der Waals surface area contributed by atoms with Gasteiger partial charge in [0, 0.05) is 0 Å². The highest BCUT2D eigenvalue weighted by molar-refractivity contribution is 5.22. The van der Waals surface area contributed by atoms with E-state index in [1.54, 1.807) is 0 Å². The monoisotopic (exact) mass is 144 g/mol. The van der Waals surface area contributed by atoms with Crippen LogP contribution in [0.4, 0.5) is 5.95 Å². The Balaban J connectivity index is 3.06. The summed E-state index contributed by atoms with van der Waals surface area (Å²) in [5.74, 6) is -0.315. The van der Waals surface area contributed by atoms with Crippen molar-refractivity contribution in [2.75, 3.05) is 5.48 Å². The number of anilines is 1. The van der Waals surface area contributed by atoms with E-state index < -0.39 is 12.0 Å². The van der Waals surface area contributed by atoms with Gasteiger partial charge in [0.25, 0.3) is 5.95 Å². The van der Waals surface area contributed by atoms with Gasteiger partial charge in [0.05, 0.1) is 0 Å². The second kappa shape index (κ2) is 2.31. The van der Waals surface area contributed by atoms with Crippen molar-refractivity contribution >= 4 is 5.95 Å². The second-order valence-corrected chi connectivity index (χ2v) is 1.37. The summed E-state index contributed by atoms with van der Waals surface area (Å²) in [5, 5.41) is 25.3. The van der Waals surface area contributed by atoms with Gasteiger partial charge < -0.3 is 10.2 Å². The van der Waals surface area contributed by atoms with Gasteiger partial charge in [-0.15, -0.1) is 4.98 Å². The summed E-state index contributed by atoms with van der Waals surface area (Å²) in [4.78, 5) is 9.35. The van der Waals surface area contributed by atoms with Crippen molar-refractivity contribution in [2.45, 2.75) is 0 Å². The first-order valence-corrected chi connectivity index (χ1v) is 2.26. The van der Waals surface area contributed by atoms with Crippen LogP contribution in [0.2, 0.25) is 0 Å². The normalized spacial score (nSPS) is 9.30. The van der Waals surface area contributed by atoms with E-state index in [0.717, 1.165) is 0 Å². The molecular formula is C3H4N4O3. The van der Waals surface area contributed by atoms with E-state index in [-0.39, 0.29) is 5.95 Å². The van der Waals surface area contributed by atoms with E-state index in [1.165, 1.54) is 5.48 Å². The third kappa shape index (κ3) is 1.20. The van der Waals surface area contributed by atoms with Gasteiger partial charge in [-0.3, -0.25) is 5.21 Å². The first-order valence-electron chi connectivity index (χ1n) is 2.26. The Bertz CT molecular complexity index is 219. The molecule has 0 saturated carbocycles. The van der Waals surface area contributed by atoms with Crippen LogP contribution in [0.1, 0.15) is 0 Å². The molecule has 0 amide bonds. The molecule has 0 aliphatic rings. The number of nitrogens with zero attached hydrogens (tertiary/aromatic N) is 3. The van der Waals surface area contributed by atoms with Crippen LogP contribution in [-0.2, 0) is 0 Å². The molecule has 1 heterocycles. The van der Waals surface area contributed by atoms with E-state index >= 15 is 0 Å². The molecule has 0 saturated heterocycles. The van der Waals surface area contributed by atoms with Crippen LogP contribution in [0.3, 0.4) is 0 Å². The summed E-state index contributed by atoms with van der Waals surface area (Å²) in [5.41, 5.74) is 1.53. The Morgan fingerprint density at radius 1 is 1.00 bits per heavy atom. The minimum absolute atomic E-state index is 0.315. The van der Waals surface area contributed by atoms with Crippen LogP contribution in [0.5, 0.6) is 12.0 Å². The number of aromatic hydroxyl groups is 2. The predicted molar refractivity (Wildman–Crippen MR) is 28.6 cm³/mol. The maximum atomic E-state index is 8.55. The largest absolute Gasteiger partial charge is 0.479 e. The number of hydrogen-bond donors (Lipinski definition) is 4. The lowest BCUT2D eigenvalue weighted by Crippen LogP contribution is -1.97. The summed E-state index contributed by atoms with van der Waals surface area (Å²) in [6.07, 6.45) is 0. The van der Waals surface area contributed by atoms with Crippen LogP contribution in [0.25, 0.3) is 0 Å². The zero-order valence-electron chi connectivity index (χ0n) is 4.68. The Morgan fingerprint density at radius 3 is 1.90 bits per heavy atom. The van der Waals surface area contributed by atoms with Crippen molar-refractivity contribution in [3.8, 4) is 12.0 Å². The van der Waals surface area contributed by atoms with E-state index in [2.05, 4.69) is 15.0 Å². The Labute approximate surface area is 55.0 Å². The van der Waals surface area contributed by atoms with Gasteiger partial charge >= 0.3 is 12.0 Å². The van der Waals surface area contributed by atoms with Crippen molar-refractivity contribution in [1.82, 2.24) is 15.0 Å². The standard InChI is InChI=1S/C3H4N4O3/c8-2-4-1(7-10)5-3(9)6-2/h10H,(H3,4,5,6,7,8,9). The Morgan fingerprint density at radius 2 is 1.50 bits per heavy atom. The van der Waals surface area contributed by atoms with Crippen LogP contribution in [0.15, 0.2) is 0 Å². The van der Waals surface area contributed by atoms with E-state index in [9.17, 15) is 0 Å². The summed E-state index contributed by atoms with van der Waals surface area (Å²) >= 11 is 0. The van der Waals surface area contributed by atoms with Crippen molar-refractivity contribution in [3.05, 3.63) is 0 Å². The lowest BCUT2D eigenvalue weighted by molar-refractivity contribution is 0.358. The number of aromatic nitrogens is 3. The summed E-state index contributed by atoms with van der Waals surface area (Å²) in [7, 11) is 0. The molecule has 0 unspecified atom stereocenters. The molecule has 4 N–H and O–H groups in total. The summed E-state index contributed by atoms with van der Waals surface area (Å²) in [6.45, 7) is 0. The Hall–Kier alpha value is -1.63. The van der Waals surface area contributed by atoms with Crippen molar-refractivity contribution in [1.29, 1.82) is 0 Å². The molecule has 0 bridgehead atoms. The van der Waals surface area contributed by atoms with Gasteiger partial charge in [-0.05, 0) is 0 Å². The first kappa shape index (κ1) is 6.49. The van der Waals surface area contributed by atoms with Gasteiger partial charge in [0.1, 0.15) is 0 Å². The van der Waals surface area contributed by atoms with Gasteiger partial charge in [0.15, 0.2) is 0 Å². The van der Waals surface area contributed by atoms with Gasteiger partial charge in [0.2, 0.25) is 0 Å². The SMILES string of the molecule is ONc1nc(O)nc(O)n1. The van der Waals surface area contributed by atoms with Crippen molar-refractivity contribution in [3.63, 3.8) is 0 Å². The molecule has 10 heavy (non-hydrogen) atoms. The number of rotatable bonds is 1. The molecule has 1 aromatic rings. The highest BCUT2D eigenvalue weighted by atomic mass is 16.5. The molecular weight excluding hydrogens is 140 g/mol. The first-order chi connectivity index (χ1) is 4.72. The van der Waals surface area contributed by atoms with Crippen LogP contribution < -0.4 is 5.48 Å². The maximum absolute atomic E-state index is 8.55. The predicted octanol–water partition coefficient (Wildman–Crippen LogP) is -0.916. The zero-order valence-corrected chi connectivity index (χ0v) is 4.68. The lowest BCUT2D eigenvalue weighted by atomic mass is 10.9. The molecule has 1 aromatic heterocycles. The fraction of sp³-hybridized carbons (Fsp3) is 0. The van der Waals surface area contributed by atoms with Crippen LogP contribution in [0, 0.1) is 0 Å².